The van der Waals surface area contributed by atoms with Gasteiger partial charge in [0, 0.05) is 12.6 Å². The molecule has 0 saturated heterocycles. The first-order valence-electron chi connectivity index (χ1n) is 6.68. The van der Waals surface area contributed by atoms with Gasteiger partial charge in [0.05, 0.1) is 26.5 Å². The minimum Gasteiger partial charge on any atom is -0.493 e. The zero-order valence-electron chi connectivity index (χ0n) is 12.9. The lowest BCUT2D eigenvalue weighted by Crippen LogP contribution is -2.02. The number of aryl methyl sites for hydroxylation is 1. The number of carbonyl (C=O) groups is 1. The maximum atomic E-state index is 11.1. The van der Waals surface area contributed by atoms with E-state index in [2.05, 4.69) is 5.10 Å². The smallest absolute Gasteiger partial charge is 0.356 e. The van der Waals surface area contributed by atoms with Crippen LogP contribution in [0.25, 0.3) is 11.3 Å². The second-order valence-corrected chi connectivity index (χ2v) is 4.45. The van der Waals surface area contributed by atoms with Gasteiger partial charge in [0.2, 0.25) is 5.75 Å². The minimum atomic E-state index is -1.08. The van der Waals surface area contributed by atoms with Crippen LogP contribution < -0.4 is 14.2 Å². The molecule has 7 heteroatoms. The van der Waals surface area contributed by atoms with E-state index in [4.69, 9.17) is 19.3 Å². The van der Waals surface area contributed by atoms with E-state index in [9.17, 15) is 4.79 Å². The normalized spacial score (nSPS) is 10.4. The molecule has 0 amide bonds. The van der Waals surface area contributed by atoms with Crippen molar-refractivity contribution in [3.05, 3.63) is 23.9 Å². The molecular weight excluding hydrogens is 288 g/mol. The average molecular weight is 306 g/mol. The van der Waals surface area contributed by atoms with Crippen molar-refractivity contribution in [2.75, 3.05) is 20.8 Å². The maximum Gasteiger partial charge on any atom is 0.356 e. The van der Waals surface area contributed by atoms with Crippen molar-refractivity contribution < 1.29 is 24.1 Å². The Labute approximate surface area is 128 Å². The van der Waals surface area contributed by atoms with Crippen LogP contribution in [0.2, 0.25) is 0 Å². The second-order valence-electron chi connectivity index (χ2n) is 4.45. The van der Waals surface area contributed by atoms with Gasteiger partial charge in [0.15, 0.2) is 17.2 Å². The van der Waals surface area contributed by atoms with E-state index in [-0.39, 0.29) is 5.69 Å². The third-order valence-corrected chi connectivity index (χ3v) is 3.16. The number of aromatic carboxylic acids is 1. The lowest BCUT2D eigenvalue weighted by atomic mass is 10.1. The molecule has 0 radical (unpaired) electrons. The topological polar surface area (TPSA) is 82.8 Å². The molecule has 0 bridgehead atoms. The summed E-state index contributed by atoms with van der Waals surface area (Å²) in [6.07, 6.45) is 0. The molecule has 0 atom stereocenters. The summed E-state index contributed by atoms with van der Waals surface area (Å²) in [5, 5.41) is 13.0. The van der Waals surface area contributed by atoms with Crippen molar-refractivity contribution in [1.82, 2.24) is 9.78 Å². The van der Waals surface area contributed by atoms with E-state index >= 15 is 0 Å². The molecule has 1 aromatic heterocycles. The van der Waals surface area contributed by atoms with Gasteiger partial charge in [0.1, 0.15) is 0 Å². The fraction of sp³-hybridized carbons (Fsp3) is 0.333. The molecule has 7 nitrogen and oxygen atoms in total. The Bertz CT molecular complexity index is 693. The number of hydrogen-bond donors (Lipinski definition) is 1. The molecular formula is C15H18N2O5. The molecule has 2 rings (SSSR count). The van der Waals surface area contributed by atoms with Gasteiger partial charge in [-0.3, -0.25) is 4.68 Å². The Balaban J connectivity index is 2.66. The molecule has 0 aliphatic heterocycles. The van der Waals surface area contributed by atoms with E-state index in [1.165, 1.54) is 17.9 Å². The van der Waals surface area contributed by atoms with E-state index in [1.54, 1.807) is 26.3 Å². The lowest BCUT2D eigenvalue weighted by Gasteiger charge is -2.16. The Morgan fingerprint density at radius 1 is 1.27 bits per heavy atom. The maximum absolute atomic E-state index is 11.1. The van der Waals surface area contributed by atoms with Crippen molar-refractivity contribution in [3.63, 3.8) is 0 Å². The Morgan fingerprint density at radius 3 is 2.50 bits per heavy atom. The molecule has 1 aromatic carbocycles. The molecule has 118 valence electrons. The number of carboxylic acid groups (broad SMARTS) is 1. The molecule has 0 aliphatic carbocycles. The number of rotatable bonds is 6. The van der Waals surface area contributed by atoms with Crippen LogP contribution in [-0.2, 0) is 7.05 Å². The molecule has 1 N–H and O–H groups in total. The highest BCUT2D eigenvalue weighted by Crippen LogP contribution is 2.44. The van der Waals surface area contributed by atoms with Crippen molar-refractivity contribution >= 4 is 5.97 Å². The van der Waals surface area contributed by atoms with Gasteiger partial charge in [-0.1, -0.05) is 0 Å². The number of hydrogen-bond acceptors (Lipinski definition) is 5. The van der Waals surface area contributed by atoms with E-state index < -0.39 is 5.97 Å². The van der Waals surface area contributed by atoms with Crippen LogP contribution in [0, 0.1) is 0 Å². The van der Waals surface area contributed by atoms with Crippen molar-refractivity contribution in [3.8, 4) is 28.5 Å². The van der Waals surface area contributed by atoms with Crippen molar-refractivity contribution in [2.45, 2.75) is 6.92 Å². The monoisotopic (exact) mass is 306 g/mol. The predicted molar refractivity (Wildman–Crippen MR) is 79.9 cm³/mol. The van der Waals surface area contributed by atoms with Gasteiger partial charge in [-0.15, -0.1) is 0 Å². The van der Waals surface area contributed by atoms with E-state index in [0.717, 1.165) is 0 Å². The summed E-state index contributed by atoms with van der Waals surface area (Å²) in [7, 11) is 4.74. The lowest BCUT2D eigenvalue weighted by molar-refractivity contribution is 0.0689. The molecule has 0 fully saturated rings. The van der Waals surface area contributed by atoms with Crippen LogP contribution in [0.4, 0.5) is 0 Å². The first-order valence-corrected chi connectivity index (χ1v) is 6.68. The molecule has 0 saturated carbocycles. The van der Waals surface area contributed by atoms with Gasteiger partial charge in [-0.2, -0.15) is 5.10 Å². The molecule has 0 spiro atoms. The number of ether oxygens (including phenoxy) is 3. The van der Waals surface area contributed by atoms with Crippen LogP contribution in [0.15, 0.2) is 18.2 Å². The van der Waals surface area contributed by atoms with Crippen molar-refractivity contribution in [1.29, 1.82) is 0 Å². The number of methoxy groups -OCH3 is 2. The summed E-state index contributed by atoms with van der Waals surface area (Å²) in [6, 6.07) is 5.02. The second kappa shape index (κ2) is 6.38. The fourth-order valence-electron chi connectivity index (χ4n) is 2.21. The predicted octanol–water partition coefficient (Wildman–Crippen LogP) is 2.20. The SMILES string of the molecule is CCOc1c(-c2cc(C(=O)O)nn2C)ccc(OC)c1OC. The van der Waals surface area contributed by atoms with Gasteiger partial charge < -0.3 is 19.3 Å². The standard InChI is InChI=1S/C15H18N2O5/c1-5-22-13-9(6-7-12(20-3)14(13)21-4)11-8-10(15(18)19)16-17(11)2/h6-8H,5H2,1-4H3,(H,18,19). The van der Waals surface area contributed by atoms with Crippen LogP contribution in [0.5, 0.6) is 17.2 Å². The third kappa shape index (κ3) is 2.69. The van der Waals surface area contributed by atoms with Crippen LogP contribution in [0.3, 0.4) is 0 Å². The van der Waals surface area contributed by atoms with E-state index in [1.807, 2.05) is 6.92 Å². The Morgan fingerprint density at radius 2 is 2.00 bits per heavy atom. The number of aromatic nitrogens is 2. The van der Waals surface area contributed by atoms with E-state index in [0.29, 0.717) is 35.1 Å². The zero-order valence-corrected chi connectivity index (χ0v) is 12.9. The van der Waals surface area contributed by atoms with Crippen molar-refractivity contribution in [2.24, 2.45) is 7.05 Å². The summed E-state index contributed by atoms with van der Waals surface area (Å²) in [5.41, 5.74) is 1.26. The highest BCUT2D eigenvalue weighted by molar-refractivity contribution is 5.87. The summed E-state index contributed by atoms with van der Waals surface area (Å²) < 4.78 is 17.8. The zero-order chi connectivity index (χ0) is 16.3. The van der Waals surface area contributed by atoms with Gasteiger partial charge in [-0.05, 0) is 25.1 Å². The summed E-state index contributed by atoms with van der Waals surface area (Å²) in [5.74, 6) is 0.403. The fourth-order valence-corrected chi connectivity index (χ4v) is 2.21. The van der Waals surface area contributed by atoms with Gasteiger partial charge >= 0.3 is 5.97 Å². The molecule has 0 aliphatic rings. The quantitative estimate of drug-likeness (QED) is 0.881. The molecule has 22 heavy (non-hydrogen) atoms. The van der Waals surface area contributed by atoms with Gasteiger partial charge in [-0.25, -0.2) is 4.79 Å². The summed E-state index contributed by atoms with van der Waals surface area (Å²) in [4.78, 5) is 11.1. The third-order valence-electron chi connectivity index (χ3n) is 3.16. The van der Waals surface area contributed by atoms with Crippen LogP contribution >= 0.6 is 0 Å². The number of nitrogens with zero attached hydrogens (tertiary/aromatic N) is 2. The largest absolute Gasteiger partial charge is 0.493 e. The Hall–Kier alpha value is -2.70. The first-order chi connectivity index (χ1) is 10.5. The first kappa shape index (κ1) is 15.7. The van der Waals surface area contributed by atoms with Crippen LogP contribution in [-0.4, -0.2) is 41.7 Å². The average Bonchev–Trinajstić information content (AvgIpc) is 2.89. The molecule has 1 heterocycles. The number of benzene rings is 1. The molecule has 0 unspecified atom stereocenters. The number of carboxylic acids is 1. The summed E-state index contributed by atoms with van der Waals surface area (Å²) >= 11 is 0. The van der Waals surface area contributed by atoms with Gasteiger partial charge in [0.25, 0.3) is 0 Å². The Kier molecular flexibility index (Phi) is 4.55. The summed E-state index contributed by atoms with van der Waals surface area (Å²) in [6.45, 7) is 2.29. The van der Waals surface area contributed by atoms with Crippen LogP contribution in [0.1, 0.15) is 17.4 Å². The minimum absolute atomic E-state index is 0.0327. The highest BCUT2D eigenvalue weighted by atomic mass is 16.5. The highest BCUT2D eigenvalue weighted by Gasteiger charge is 2.21. The molecule has 2 aromatic rings.